The third-order valence-electron chi connectivity index (χ3n) is 4.85. The molecule has 132 valence electrons. The van der Waals surface area contributed by atoms with Gasteiger partial charge in [-0.05, 0) is 37.3 Å². The van der Waals surface area contributed by atoms with Gasteiger partial charge in [0.05, 0.1) is 18.7 Å². The molecule has 1 saturated heterocycles. The zero-order valence-corrected chi connectivity index (χ0v) is 13.7. The normalized spacial score (nSPS) is 25.0. The lowest BCUT2D eigenvalue weighted by atomic mass is 10.0. The fourth-order valence-electron chi connectivity index (χ4n) is 3.20. The van der Waals surface area contributed by atoms with Crippen LogP contribution in [-0.2, 0) is 11.3 Å². The second-order valence-electron chi connectivity index (χ2n) is 7.07. The Hall–Kier alpha value is -2.64. The molecule has 4 amide bonds. The molecule has 0 unspecified atom stereocenters. The Balaban J connectivity index is 1.53. The first-order chi connectivity index (χ1) is 11.9. The quantitative estimate of drug-likeness (QED) is 0.783. The van der Waals surface area contributed by atoms with Crippen LogP contribution >= 0.6 is 0 Å². The maximum Gasteiger partial charge on any atom is 0.322 e. The lowest BCUT2D eigenvalue weighted by Crippen LogP contribution is -2.52. The second kappa shape index (κ2) is 5.44. The molecule has 3 aliphatic rings. The minimum atomic E-state index is -1.23. The molecule has 0 spiro atoms. The zero-order chi connectivity index (χ0) is 17.8. The molecular formula is C17H18FN3O4. The van der Waals surface area contributed by atoms with Crippen LogP contribution in [0.5, 0.6) is 5.75 Å². The summed E-state index contributed by atoms with van der Waals surface area (Å²) < 4.78 is 20.2. The van der Waals surface area contributed by atoms with Crippen molar-refractivity contribution < 1.29 is 23.5 Å². The molecule has 1 atom stereocenters. The predicted molar refractivity (Wildman–Crippen MR) is 84.4 cm³/mol. The number of rotatable bonds is 5. The van der Waals surface area contributed by atoms with Crippen LogP contribution in [0, 0.1) is 11.7 Å². The van der Waals surface area contributed by atoms with E-state index in [0.29, 0.717) is 18.1 Å². The number of ether oxygens (including phenoxy) is 1. The molecule has 1 aromatic rings. The van der Waals surface area contributed by atoms with E-state index in [0.717, 1.165) is 12.8 Å². The van der Waals surface area contributed by atoms with Gasteiger partial charge in [-0.25, -0.2) is 9.18 Å². The van der Waals surface area contributed by atoms with Gasteiger partial charge in [0.25, 0.3) is 11.8 Å². The van der Waals surface area contributed by atoms with Crippen LogP contribution in [0.1, 0.15) is 35.7 Å². The SMILES string of the molecule is C[C@@]1(CN2Cc3ccc(OCC4CC4)c(F)c3C2=O)NC(=O)NC1=O. The number of urea groups is 1. The van der Waals surface area contributed by atoms with Crippen LogP contribution in [-0.4, -0.2) is 41.4 Å². The highest BCUT2D eigenvalue weighted by Crippen LogP contribution is 2.34. The van der Waals surface area contributed by atoms with Gasteiger partial charge in [-0.15, -0.1) is 0 Å². The number of benzene rings is 1. The fourth-order valence-corrected chi connectivity index (χ4v) is 3.20. The Bertz CT molecular complexity index is 792. The topological polar surface area (TPSA) is 87.7 Å². The molecule has 8 heteroatoms. The van der Waals surface area contributed by atoms with Crippen molar-refractivity contribution in [2.45, 2.75) is 31.8 Å². The Morgan fingerprint density at radius 1 is 1.32 bits per heavy atom. The standard InChI is InChI=1S/C17H18FN3O4/c1-17(15(23)19-16(24)20-17)8-21-6-10-4-5-11(25-7-9-2-3-9)13(18)12(10)14(21)22/h4-5,9H,2-3,6-8H2,1H3,(H2,19,20,23,24)/t17-/m0/s1. The van der Waals surface area contributed by atoms with Gasteiger partial charge in [-0.2, -0.15) is 0 Å². The molecule has 2 fully saturated rings. The van der Waals surface area contributed by atoms with Crippen molar-refractivity contribution in [3.63, 3.8) is 0 Å². The summed E-state index contributed by atoms with van der Waals surface area (Å²) in [5.41, 5.74) is -0.687. The van der Waals surface area contributed by atoms with E-state index in [1.165, 1.54) is 11.8 Å². The summed E-state index contributed by atoms with van der Waals surface area (Å²) in [4.78, 5) is 37.3. The number of imide groups is 1. The lowest BCUT2D eigenvalue weighted by molar-refractivity contribution is -0.123. The van der Waals surface area contributed by atoms with Gasteiger partial charge >= 0.3 is 6.03 Å². The molecule has 0 bridgehead atoms. The average molecular weight is 347 g/mol. The minimum absolute atomic E-state index is 0.0124. The highest BCUT2D eigenvalue weighted by molar-refractivity contribution is 6.07. The highest BCUT2D eigenvalue weighted by atomic mass is 19.1. The van der Waals surface area contributed by atoms with Gasteiger partial charge in [0.2, 0.25) is 0 Å². The van der Waals surface area contributed by atoms with E-state index in [1.807, 2.05) is 0 Å². The molecule has 2 aliphatic heterocycles. The molecular weight excluding hydrogens is 329 g/mol. The summed E-state index contributed by atoms with van der Waals surface area (Å²) in [5.74, 6) is -1.10. The van der Waals surface area contributed by atoms with Crippen molar-refractivity contribution in [1.29, 1.82) is 0 Å². The Morgan fingerprint density at radius 3 is 2.72 bits per heavy atom. The number of nitrogens with one attached hydrogen (secondary N) is 2. The molecule has 1 saturated carbocycles. The van der Waals surface area contributed by atoms with E-state index >= 15 is 0 Å². The average Bonchev–Trinajstić information content (AvgIpc) is 3.26. The van der Waals surface area contributed by atoms with Crippen molar-refractivity contribution in [3.8, 4) is 5.75 Å². The molecule has 4 rings (SSSR count). The molecule has 7 nitrogen and oxygen atoms in total. The van der Waals surface area contributed by atoms with Crippen LogP contribution in [0.4, 0.5) is 9.18 Å². The summed E-state index contributed by atoms with van der Waals surface area (Å²) >= 11 is 0. The summed E-state index contributed by atoms with van der Waals surface area (Å²) in [7, 11) is 0. The first-order valence-electron chi connectivity index (χ1n) is 8.24. The molecule has 2 heterocycles. The van der Waals surface area contributed by atoms with Gasteiger partial charge in [-0.3, -0.25) is 14.9 Å². The number of amides is 4. The molecule has 1 aliphatic carbocycles. The third kappa shape index (κ3) is 2.71. The van der Waals surface area contributed by atoms with Crippen molar-refractivity contribution in [3.05, 3.63) is 29.1 Å². The highest BCUT2D eigenvalue weighted by Gasteiger charge is 2.46. The number of carbonyl (C=O) groups is 3. The monoisotopic (exact) mass is 347 g/mol. The maximum atomic E-state index is 14.7. The Morgan fingerprint density at radius 2 is 2.08 bits per heavy atom. The lowest BCUT2D eigenvalue weighted by Gasteiger charge is -2.26. The van der Waals surface area contributed by atoms with Crippen molar-refractivity contribution in [2.24, 2.45) is 5.92 Å². The largest absolute Gasteiger partial charge is 0.490 e. The molecule has 0 aromatic heterocycles. The van der Waals surface area contributed by atoms with Crippen LogP contribution in [0.15, 0.2) is 12.1 Å². The smallest absolute Gasteiger partial charge is 0.322 e. The van der Waals surface area contributed by atoms with Gasteiger partial charge < -0.3 is 15.0 Å². The van der Waals surface area contributed by atoms with Gasteiger partial charge in [0.1, 0.15) is 5.54 Å². The van der Waals surface area contributed by atoms with E-state index in [-0.39, 0.29) is 24.4 Å². The summed E-state index contributed by atoms with van der Waals surface area (Å²) in [5, 5.41) is 4.66. The van der Waals surface area contributed by atoms with Crippen LogP contribution in [0.2, 0.25) is 0 Å². The Labute approximate surface area is 143 Å². The number of hydrogen-bond acceptors (Lipinski definition) is 4. The molecule has 25 heavy (non-hydrogen) atoms. The number of hydrogen-bond donors (Lipinski definition) is 2. The summed E-state index contributed by atoms with van der Waals surface area (Å²) in [6.45, 7) is 2.14. The number of carbonyl (C=O) groups excluding carboxylic acids is 3. The van der Waals surface area contributed by atoms with Gasteiger partial charge in [-0.1, -0.05) is 6.07 Å². The van der Waals surface area contributed by atoms with E-state index in [4.69, 9.17) is 4.74 Å². The fraction of sp³-hybridized carbons (Fsp3) is 0.471. The zero-order valence-electron chi connectivity index (χ0n) is 13.7. The number of fused-ring (bicyclic) bond motifs is 1. The second-order valence-corrected chi connectivity index (χ2v) is 7.07. The van der Waals surface area contributed by atoms with Crippen LogP contribution < -0.4 is 15.4 Å². The number of halogens is 1. The predicted octanol–water partition coefficient (Wildman–Crippen LogP) is 1.17. The first-order valence-corrected chi connectivity index (χ1v) is 8.24. The van der Waals surface area contributed by atoms with Crippen LogP contribution in [0.25, 0.3) is 0 Å². The molecule has 1 aromatic carbocycles. The molecule has 2 N–H and O–H groups in total. The third-order valence-corrected chi connectivity index (χ3v) is 4.85. The maximum absolute atomic E-state index is 14.7. The van der Waals surface area contributed by atoms with Gasteiger partial charge in [0.15, 0.2) is 11.6 Å². The van der Waals surface area contributed by atoms with E-state index in [1.54, 1.807) is 12.1 Å². The van der Waals surface area contributed by atoms with Crippen molar-refractivity contribution in [1.82, 2.24) is 15.5 Å². The van der Waals surface area contributed by atoms with E-state index < -0.39 is 29.2 Å². The summed E-state index contributed by atoms with van der Waals surface area (Å²) in [6.07, 6.45) is 2.18. The van der Waals surface area contributed by atoms with Gasteiger partial charge in [0, 0.05) is 6.54 Å². The number of nitrogens with zero attached hydrogens (tertiary/aromatic N) is 1. The summed E-state index contributed by atoms with van der Waals surface area (Å²) in [6, 6.07) is 2.62. The molecule has 0 radical (unpaired) electrons. The van der Waals surface area contributed by atoms with E-state index in [2.05, 4.69) is 10.6 Å². The van der Waals surface area contributed by atoms with Crippen molar-refractivity contribution in [2.75, 3.05) is 13.2 Å². The van der Waals surface area contributed by atoms with Crippen LogP contribution in [0.3, 0.4) is 0 Å². The Kier molecular flexibility index (Phi) is 3.45. The van der Waals surface area contributed by atoms with Crippen molar-refractivity contribution >= 4 is 17.8 Å². The van der Waals surface area contributed by atoms with E-state index in [9.17, 15) is 18.8 Å². The first kappa shape index (κ1) is 15.9. The minimum Gasteiger partial charge on any atom is -0.490 e.